The van der Waals surface area contributed by atoms with Crippen LogP contribution in [0.25, 0.3) is 0 Å². The van der Waals surface area contributed by atoms with Crippen LogP contribution >= 0.6 is 23.4 Å². The third kappa shape index (κ3) is 5.91. The van der Waals surface area contributed by atoms with E-state index >= 15 is 0 Å². The van der Waals surface area contributed by atoms with E-state index in [2.05, 4.69) is 10.6 Å². The maximum absolute atomic E-state index is 12.0. The highest BCUT2D eigenvalue weighted by atomic mass is 35.5. The molecule has 0 bridgehead atoms. The van der Waals surface area contributed by atoms with Gasteiger partial charge < -0.3 is 10.6 Å². The number of amides is 2. The van der Waals surface area contributed by atoms with Crippen LogP contribution in [0, 0.1) is 0 Å². The van der Waals surface area contributed by atoms with Crippen LogP contribution in [0.4, 0.5) is 5.69 Å². The second kappa shape index (κ2) is 8.76. The molecule has 2 aromatic rings. The summed E-state index contributed by atoms with van der Waals surface area (Å²) in [7, 11) is 0. The minimum atomic E-state index is -0.124. The fourth-order valence-electron chi connectivity index (χ4n) is 1.93. The maximum atomic E-state index is 12.0. The van der Waals surface area contributed by atoms with E-state index in [1.807, 2.05) is 26.0 Å². The molecule has 0 saturated carbocycles. The average Bonchev–Trinajstić information content (AvgIpc) is 2.54. The monoisotopic (exact) mass is 362 g/mol. The van der Waals surface area contributed by atoms with Gasteiger partial charge in [0.2, 0.25) is 5.91 Å². The largest absolute Gasteiger partial charge is 0.350 e. The standard InChI is InChI=1S/C18H19ClN2O2S/c1-12(2)20-18(23)13-3-7-15(8-4-13)21-17(22)11-24-16-9-5-14(19)6-10-16/h3-10,12H,11H2,1-2H3,(H,20,23)(H,21,22). The molecule has 0 spiro atoms. The van der Waals surface area contributed by atoms with Crippen molar-refractivity contribution in [1.29, 1.82) is 0 Å². The van der Waals surface area contributed by atoms with Gasteiger partial charge in [-0.2, -0.15) is 0 Å². The molecule has 0 aliphatic carbocycles. The van der Waals surface area contributed by atoms with Crippen LogP contribution in [0.2, 0.25) is 5.02 Å². The molecule has 0 atom stereocenters. The lowest BCUT2D eigenvalue weighted by molar-refractivity contribution is -0.113. The minimum Gasteiger partial charge on any atom is -0.350 e. The highest BCUT2D eigenvalue weighted by Gasteiger charge is 2.08. The minimum absolute atomic E-state index is 0.0850. The Balaban J connectivity index is 1.85. The van der Waals surface area contributed by atoms with E-state index in [1.54, 1.807) is 36.4 Å². The normalized spacial score (nSPS) is 10.5. The molecule has 6 heteroatoms. The maximum Gasteiger partial charge on any atom is 0.251 e. The van der Waals surface area contributed by atoms with Crippen molar-refractivity contribution in [3.05, 3.63) is 59.1 Å². The van der Waals surface area contributed by atoms with E-state index in [0.29, 0.717) is 22.0 Å². The fourth-order valence-corrected chi connectivity index (χ4v) is 2.75. The van der Waals surface area contributed by atoms with E-state index in [4.69, 9.17) is 11.6 Å². The fraction of sp³-hybridized carbons (Fsp3) is 0.222. The first-order chi connectivity index (χ1) is 11.4. The number of anilines is 1. The predicted molar refractivity (Wildman–Crippen MR) is 99.8 cm³/mol. The first kappa shape index (κ1) is 18.4. The molecular formula is C18H19ClN2O2S. The Kier molecular flexibility index (Phi) is 6.70. The van der Waals surface area contributed by atoms with Gasteiger partial charge in [-0.05, 0) is 62.4 Å². The van der Waals surface area contributed by atoms with Crippen molar-refractivity contribution < 1.29 is 9.59 Å². The van der Waals surface area contributed by atoms with Crippen LogP contribution in [0.15, 0.2) is 53.4 Å². The summed E-state index contributed by atoms with van der Waals surface area (Å²) in [6.45, 7) is 3.82. The number of nitrogens with one attached hydrogen (secondary N) is 2. The molecule has 0 aliphatic rings. The molecule has 24 heavy (non-hydrogen) atoms. The summed E-state index contributed by atoms with van der Waals surface area (Å²) < 4.78 is 0. The van der Waals surface area contributed by atoms with Gasteiger partial charge in [0, 0.05) is 27.2 Å². The van der Waals surface area contributed by atoms with E-state index in [1.165, 1.54) is 11.8 Å². The number of hydrogen-bond acceptors (Lipinski definition) is 3. The van der Waals surface area contributed by atoms with Crippen molar-refractivity contribution in [3.63, 3.8) is 0 Å². The first-order valence-electron chi connectivity index (χ1n) is 7.53. The molecule has 2 amide bonds. The smallest absolute Gasteiger partial charge is 0.251 e. The Labute approximate surface area is 151 Å². The van der Waals surface area contributed by atoms with Crippen LogP contribution < -0.4 is 10.6 Å². The van der Waals surface area contributed by atoms with Crippen molar-refractivity contribution in [2.75, 3.05) is 11.1 Å². The molecule has 0 radical (unpaired) electrons. The molecular weight excluding hydrogens is 344 g/mol. The summed E-state index contributed by atoms with van der Waals surface area (Å²) in [5.41, 5.74) is 1.23. The Hall–Kier alpha value is -1.98. The van der Waals surface area contributed by atoms with E-state index in [0.717, 1.165) is 4.90 Å². The van der Waals surface area contributed by atoms with Crippen LogP contribution in [0.3, 0.4) is 0 Å². The molecule has 0 fully saturated rings. The summed E-state index contributed by atoms with van der Waals surface area (Å²) in [5, 5.41) is 6.31. The van der Waals surface area contributed by atoms with Crippen LogP contribution in [0.1, 0.15) is 24.2 Å². The first-order valence-corrected chi connectivity index (χ1v) is 8.89. The Morgan fingerprint density at radius 2 is 1.67 bits per heavy atom. The van der Waals surface area contributed by atoms with Gasteiger partial charge in [0.1, 0.15) is 0 Å². The van der Waals surface area contributed by atoms with Gasteiger partial charge in [-0.15, -0.1) is 11.8 Å². The Morgan fingerprint density at radius 1 is 1.04 bits per heavy atom. The summed E-state index contributed by atoms with van der Waals surface area (Å²) >= 11 is 7.26. The second-order valence-corrected chi connectivity index (χ2v) is 6.98. The van der Waals surface area contributed by atoms with E-state index in [-0.39, 0.29) is 17.9 Å². The van der Waals surface area contributed by atoms with Gasteiger partial charge in [-0.1, -0.05) is 11.6 Å². The SMILES string of the molecule is CC(C)NC(=O)c1ccc(NC(=O)CSc2ccc(Cl)cc2)cc1. The number of thioether (sulfide) groups is 1. The van der Waals surface area contributed by atoms with Crippen molar-refractivity contribution in [2.24, 2.45) is 0 Å². The summed E-state index contributed by atoms with van der Waals surface area (Å²) in [6.07, 6.45) is 0. The van der Waals surface area contributed by atoms with Crippen LogP contribution in [0.5, 0.6) is 0 Å². The molecule has 2 aromatic carbocycles. The van der Waals surface area contributed by atoms with Gasteiger partial charge in [-0.25, -0.2) is 0 Å². The van der Waals surface area contributed by atoms with Crippen LogP contribution in [-0.4, -0.2) is 23.6 Å². The lowest BCUT2D eigenvalue weighted by Gasteiger charge is -2.09. The zero-order chi connectivity index (χ0) is 17.5. The molecule has 4 nitrogen and oxygen atoms in total. The average molecular weight is 363 g/mol. The topological polar surface area (TPSA) is 58.2 Å². The number of hydrogen-bond donors (Lipinski definition) is 2. The molecule has 2 N–H and O–H groups in total. The number of rotatable bonds is 6. The van der Waals surface area contributed by atoms with E-state index in [9.17, 15) is 9.59 Å². The third-order valence-corrected chi connectivity index (χ3v) is 4.30. The summed E-state index contributed by atoms with van der Waals surface area (Å²) in [5.74, 6) is 0.0764. The second-order valence-electron chi connectivity index (χ2n) is 5.50. The summed E-state index contributed by atoms with van der Waals surface area (Å²) in [6, 6.07) is 14.3. The van der Waals surface area contributed by atoms with Gasteiger partial charge in [0.05, 0.1) is 5.75 Å². The number of benzene rings is 2. The van der Waals surface area contributed by atoms with E-state index < -0.39 is 0 Å². The zero-order valence-corrected chi connectivity index (χ0v) is 15.1. The number of carbonyl (C=O) groups excluding carboxylic acids is 2. The van der Waals surface area contributed by atoms with Gasteiger partial charge >= 0.3 is 0 Å². The zero-order valence-electron chi connectivity index (χ0n) is 13.5. The lowest BCUT2D eigenvalue weighted by atomic mass is 10.2. The molecule has 0 unspecified atom stereocenters. The highest BCUT2D eigenvalue weighted by Crippen LogP contribution is 2.20. The molecule has 2 rings (SSSR count). The predicted octanol–water partition coefficient (Wildman–Crippen LogP) is 4.21. The third-order valence-electron chi connectivity index (χ3n) is 3.03. The van der Waals surface area contributed by atoms with Crippen molar-refractivity contribution in [1.82, 2.24) is 5.32 Å². The van der Waals surface area contributed by atoms with Crippen LogP contribution in [-0.2, 0) is 4.79 Å². The number of halogens is 1. The number of carbonyl (C=O) groups is 2. The van der Waals surface area contributed by atoms with Crippen molar-refractivity contribution in [3.8, 4) is 0 Å². The van der Waals surface area contributed by atoms with Crippen molar-refractivity contribution >= 4 is 40.9 Å². The van der Waals surface area contributed by atoms with Gasteiger partial charge in [-0.3, -0.25) is 9.59 Å². The quantitative estimate of drug-likeness (QED) is 0.757. The van der Waals surface area contributed by atoms with Gasteiger partial charge in [0.25, 0.3) is 5.91 Å². The van der Waals surface area contributed by atoms with Gasteiger partial charge in [0.15, 0.2) is 0 Å². The molecule has 0 heterocycles. The highest BCUT2D eigenvalue weighted by molar-refractivity contribution is 8.00. The molecule has 0 saturated heterocycles. The van der Waals surface area contributed by atoms with Crippen molar-refractivity contribution in [2.45, 2.75) is 24.8 Å². The Bertz CT molecular complexity index is 700. The molecule has 0 aliphatic heterocycles. The lowest BCUT2D eigenvalue weighted by Crippen LogP contribution is -2.30. The molecule has 0 aromatic heterocycles. The summed E-state index contributed by atoms with van der Waals surface area (Å²) in [4.78, 5) is 24.8. The molecule has 126 valence electrons. The Morgan fingerprint density at radius 3 is 2.25 bits per heavy atom.